The fraction of sp³-hybridized carbons (Fsp3) is 0.587. The van der Waals surface area contributed by atoms with Gasteiger partial charge in [-0.05, 0) is 112 Å². The minimum atomic E-state index is -0.119. The molecule has 3 aromatic rings. The lowest BCUT2D eigenvalue weighted by atomic mass is 9.80. The van der Waals surface area contributed by atoms with Crippen molar-refractivity contribution >= 4 is 22.2 Å². The van der Waals surface area contributed by atoms with Crippen molar-refractivity contribution in [2.24, 2.45) is 16.9 Å². The molecule has 1 aromatic carbocycles. The second-order valence-electron chi connectivity index (χ2n) is 16.8. The molecule has 54 heavy (non-hydrogen) atoms. The van der Waals surface area contributed by atoms with Crippen LogP contribution < -0.4 is 21.7 Å². The van der Waals surface area contributed by atoms with Crippen LogP contribution in [0.2, 0.25) is 0 Å². The monoisotopic (exact) mass is 733 g/mol. The number of piperidine rings is 1. The van der Waals surface area contributed by atoms with Crippen molar-refractivity contribution in [1.82, 2.24) is 24.7 Å². The lowest BCUT2D eigenvalue weighted by Crippen LogP contribution is -2.54. The Morgan fingerprint density at radius 3 is 2.76 bits per heavy atom. The summed E-state index contributed by atoms with van der Waals surface area (Å²) in [5.74, 6) is 2.92. The van der Waals surface area contributed by atoms with Crippen molar-refractivity contribution < 1.29 is 0 Å². The van der Waals surface area contributed by atoms with Crippen LogP contribution in [-0.2, 0) is 19.4 Å². The van der Waals surface area contributed by atoms with E-state index in [0.29, 0.717) is 12.6 Å². The summed E-state index contributed by atoms with van der Waals surface area (Å²) in [6.45, 7) is 23.3. The van der Waals surface area contributed by atoms with Crippen molar-refractivity contribution in [1.29, 1.82) is 0 Å². The zero-order valence-corrected chi connectivity index (χ0v) is 33.9. The Hall–Kier alpha value is -3.61. The van der Waals surface area contributed by atoms with Gasteiger partial charge in [0.1, 0.15) is 0 Å². The van der Waals surface area contributed by atoms with Gasteiger partial charge in [-0.2, -0.15) is 0 Å². The normalized spacial score (nSPS) is 19.0. The third kappa shape index (κ3) is 9.25. The average Bonchev–Trinajstić information content (AvgIpc) is 3.49. The van der Waals surface area contributed by atoms with Crippen molar-refractivity contribution in [3.8, 4) is 23.6 Å². The van der Waals surface area contributed by atoms with Crippen molar-refractivity contribution in [2.45, 2.75) is 111 Å². The number of aromatic nitrogens is 2. The summed E-state index contributed by atoms with van der Waals surface area (Å²) in [5, 5.41) is 4.79. The van der Waals surface area contributed by atoms with Gasteiger partial charge in [0.25, 0.3) is 0 Å². The Balaban J connectivity index is 1.35. The van der Waals surface area contributed by atoms with Crippen LogP contribution in [0.4, 0.5) is 5.69 Å². The molecule has 5 heterocycles. The molecule has 2 saturated heterocycles. The van der Waals surface area contributed by atoms with Crippen LogP contribution in [0.5, 0.6) is 0 Å². The largest absolute Gasteiger partial charge is 0.388 e. The van der Waals surface area contributed by atoms with Crippen LogP contribution in [0.3, 0.4) is 0 Å². The third-order valence-corrected chi connectivity index (χ3v) is 12.3. The molecule has 0 spiro atoms. The second-order valence-corrected chi connectivity index (χ2v) is 16.8. The highest BCUT2D eigenvalue weighted by molar-refractivity contribution is 5.95. The molecule has 8 heteroatoms. The first-order valence-electron chi connectivity index (χ1n) is 21.0. The summed E-state index contributed by atoms with van der Waals surface area (Å²) in [7, 11) is 0. The van der Waals surface area contributed by atoms with Crippen LogP contribution in [0.25, 0.3) is 27.7 Å². The molecule has 0 bridgehead atoms. The quantitative estimate of drug-likeness (QED) is 0.1000. The maximum Gasteiger partial charge on any atom is 0.0567 e. The van der Waals surface area contributed by atoms with E-state index < -0.39 is 0 Å². The van der Waals surface area contributed by atoms with Gasteiger partial charge in [0.2, 0.25) is 0 Å². The van der Waals surface area contributed by atoms with Crippen molar-refractivity contribution in [3.05, 3.63) is 65.6 Å². The number of fused-ring (bicyclic) bond motifs is 2. The molecule has 0 radical (unpaired) electrons. The number of nitrogens with two attached hydrogens (primary N) is 2. The molecule has 3 aliphatic heterocycles. The third-order valence-electron chi connectivity index (χ3n) is 12.3. The predicted octanol–water partition coefficient (Wildman–Crippen LogP) is 7.20. The van der Waals surface area contributed by atoms with Gasteiger partial charge in [0.05, 0.1) is 23.6 Å². The maximum atomic E-state index is 6.66. The highest BCUT2D eigenvalue weighted by Crippen LogP contribution is 2.42. The molecule has 2 unspecified atom stereocenters. The molecule has 2 aromatic heterocycles. The molecule has 8 nitrogen and oxygen atoms in total. The maximum absolute atomic E-state index is 6.66. The fourth-order valence-electron chi connectivity index (χ4n) is 9.16. The number of nitrogens with zero attached hydrogens (tertiary/aromatic N) is 5. The molecule has 0 amide bonds. The summed E-state index contributed by atoms with van der Waals surface area (Å²) in [6.07, 6.45) is 21.1. The van der Waals surface area contributed by atoms with E-state index in [4.69, 9.17) is 22.9 Å². The first-order valence-corrected chi connectivity index (χ1v) is 21.0. The number of hydrogen-bond donors (Lipinski definition) is 3. The van der Waals surface area contributed by atoms with Gasteiger partial charge in [-0.1, -0.05) is 45.9 Å². The molecule has 2 atom stereocenters. The minimum Gasteiger partial charge on any atom is -0.388 e. The van der Waals surface area contributed by atoms with E-state index in [-0.39, 0.29) is 11.5 Å². The van der Waals surface area contributed by atoms with Crippen molar-refractivity contribution in [3.63, 3.8) is 0 Å². The SMILES string of the molecule is C#CCCC(C)(C)Cc1c(-c2cc(N3CCN4CCCCC4C3)cnc2CC)n(CC)c2ccc(C3=CCCN(CC(N)C(=C)NCCCCN)C3)cc12. The smallest absolute Gasteiger partial charge is 0.0567 e. The van der Waals surface area contributed by atoms with E-state index >= 15 is 0 Å². The summed E-state index contributed by atoms with van der Waals surface area (Å²) in [5.41, 5.74) is 23.8. The topological polar surface area (TPSA) is 91.6 Å². The summed E-state index contributed by atoms with van der Waals surface area (Å²) < 4.78 is 2.57. The van der Waals surface area contributed by atoms with Gasteiger partial charge in [-0.15, -0.1) is 12.3 Å². The lowest BCUT2D eigenvalue weighted by Gasteiger charge is -2.44. The van der Waals surface area contributed by atoms with Crippen LogP contribution in [0, 0.1) is 17.8 Å². The van der Waals surface area contributed by atoms with Gasteiger partial charge in [-0.25, -0.2) is 0 Å². The zero-order chi connectivity index (χ0) is 38.2. The Morgan fingerprint density at radius 2 is 1.98 bits per heavy atom. The van der Waals surface area contributed by atoms with Crippen LogP contribution in [0.1, 0.15) is 95.9 Å². The van der Waals surface area contributed by atoms with E-state index in [1.165, 1.54) is 76.0 Å². The zero-order valence-electron chi connectivity index (χ0n) is 33.9. The van der Waals surface area contributed by atoms with E-state index in [0.717, 1.165) is 103 Å². The van der Waals surface area contributed by atoms with Gasteiger partial charge in [-0.3, -0.25) is 14.8 Å². The minimum absolute atomic E-state index is 0.0382. The Kier molecular flexibility index (Phi) is 13.6. The Morgan fingerprint density at radius 1 is 1.13 bits per heavy atom. The fourth-order valence-corrected chi connectivity index (χ4v) is 9.16. The van der Waals surface area contributed by atoms with Gasteiger partial charge >= 0.3 is 0 Å². The van der Waals surface area contributed by atoms with E-state index in [9.17, 15) is 0 Å². The molecule has 6 rings (SSSR count). The second kappa shape index (κ2) is 18.3. The number of rotatable bonds is 17. The average molecular weight is 733 g/mol. The first-order chi connectivity index (χ1) is 26.2. The number of nitrogens with one attached hydrogen (secondary N) is 1. The standard InChI is InChI=1S/C46H68N8/c1-7-10-20-46(5,6)29-41-39-27-35(36-16-15-23-51(31-36)33-42(48)34(4)49-22-13-12-21-47)18-19-44(39)54(9-3)45(41)40-28-38(30-50-43(40)8-2)53-26-25-52-24-14-11-17-37(52)32-53/h1,16,18-19,27-28,30,37,42,49H,4,8-15,17,20-26,29,31-33,47-48H2,2-3,5-6H3. The molecule has 5 N–H and O–H groups in total. The highest BCUT2D eigenvalue weighted by Gasteiger charge is 2.31. The Labute approximate surface area is 326 Å². The molecule has 0 saturated carbocycles. The summed E-state index contributed by atoms with van der Waals surface area (Å²) in [4.78, 5) is 13.0. The number of benzene rings is 1. The number of piperazine rings is 1. The first kappa shape index (κ1) is 40.1. The highest BCUT2D eigenvalue weighted by atomic mass is 15.3. The molecule has 292 valence electrons. The number of hydrogen-bond acceptors (Lipinski definition) is 7. The summed E-state index contributed by atoms with van der Waals surface area (Å²) >= 11 is 0. The van der Waals surface area contributed by atoms with Crippen LogP contribution >= 0.6 is 0 Å². The number of aryl methyl sites for hydroxylation is 2. The van der Waals surface area contributed by atoms with E-state index in [2.05, 4.69) is 101 Å². The molecule has 3 aliphatic rings. The van der Waals surface area contributed by atoms with Gasteiger partial charge in [0, 0.05) is 92.7 Å². The molecular formula is C46H68N8. The lowest BCUT2D eigenvalue weighted by molar-refractivity contribution is 0.133. The van der Waals surface area contributed by atoms with Crippen LogP contribution in [0.15, 0.2) is 48.8 Å². The molecular weight excluding hydrogens is 665 g/mol. The van der Waals surface area contributed by atoms with Gasteiger partial charge in [0.15, 0.2) is 0 Å². The molecule has 2 fully saturated rings. The van der Waals surface area contributed by atoms with E-state index in [1.54, 1.807) is 0 Å². The molecule has 0 aliphatic carbocycles. The number of terminal acetylenes is 1. The Bertz CT molecular complexity index is 1810. The number of anilines is 1. The summed E-state index contributed by atoms with van der Waals surface area (Å²) in [6, 6.07) is 10.2. The number of pyridine rings is 1. The number of unbranched alkanes of at least 4 members (excludes halogenated alkanes) is 1. The van der Waals surface area contributed by atoms with Gasteiger partial charge < -0.3 is 26.3 Å². The van der Waals surface area contributed by atoms with Crippen molar-refractivity contribution in [2.75, 3.05) is 63.8 Å². The van der Waals surface area contributed by atoms with Crippen LogP contribution in [-0.4, -0.2) is 90.3 Å². The predicted molar refractivity (Wildman–Crippen MR) is 230 cm³/mol. The van der Waals surface area contributed by atoms with E-state index in [1.807, 2.05) is 0 Å².